The maximum absolute atomic E-state index is 10.3. The van der Waals surface area contributed by atoms with E-state index in [4.69, 9.17) is 0 Å². The van der Waals surface area contributed by atoms with Crippen LogP contribution < -0.4 is 5.32 Å². The molecule has 0 aliphatic heterocycles. The van der Waals surface area contributed by atoms with Crippen LogP contribution in [-0.2, 0) is 4.79 Å². The maximum atomic E-state index is 10.3. The number of Topliss-reactive ketones (excluding diaryl/α,β-unsaturated/α-hetero) is 1. The number of carbonyl (C=O) groups is 1. The molecule has 1 N–H and O–H groups in total. The minimum atomic E-state index is 0.163. The van der Waals surface area contributed by atoms with Gasteiger partial charge < -0.3 is 5.32 Å². The molecule has 0 aromatic rings. The van der Waals surface area contributed by atoms with E-state index in [9.17, 15) is 4.79 Å². The Morgan fingerprint density at radius 2 is 2.00 bits per heavy atom. The zero-order valence-electron chi connectivity index (χ0n) is 6.03. The van der Waals surface area contributed by atoms with Gasteiger partial charge in [0, 0.05) is 6.54 Å². The van der Waals surface area contributed by atoms with E-state index in [1.54, 1.807) is 6.92 Å². The average molecular weight is 127 g/mol. The van der Waals surface area contributed by atoms with Gasteiger partial charge in [-0.2, -0.15) is 0 Å². The van der Waals surface area contributed by atoms with Crippen molar-refractivity contribution in [1.82, 2.24) is 5.32 Å². The van der Waals surface area contributed by atoms with E-state index in [1.807, 2.05) is 6.92 Å². The molecule has 0 aromatic heterocycles. The Labute approximate surface area is 56.0 Å². The first-order valence-corrected chi connectivity index (χ1v) is 2.97. The first kappa shape index (κ1) is 8.37. The molecule has 0 heterocycles. The predicted octanol–water partition coefficient (Wildman–Crippen LogP) is 0.741. The second-order valence-electron chi connectivity index (χ2n) is 2.26. The van der Waals surface area contributed by atoms with Crippen molar-refractivity contribution in [1.29, 1.82) is 0 Å². The molecule has 0 rings (SSSR count). The van der Waals surface area contributed by atoms with Gasteiger partial charge in [-0.05, 0) is 13.8 Å². The maximum Gasteiger partial charge on any atom is 0.143 e. The predicted molar refractivity (Wildman–Crippen MR) is 38.4 cm³/mol. The number of rotatable bonds is 4. The lowest BCUT2D eigenvalue weighted by Crippen LogP contribution is -2.22. The Morgan fingerprint density at radius 1 is 1.44 bits per heavy atom. The Morgan fingerprint density at radius 3 is 2.33 bits per heavy atom. The monoisotopic (exact) mass is 127 g/mol. The largest absolute Gasteiger partial charge is 0.306 e. The van der Waals surface area contributed by atoms with Crippen molar-refractivity contribution < 1.29 is 4.79 Å². The Hall–Kier alpha value is -0.630. The fourth-order valence-electron chi connectivity index (χ4n) is 0.452. The summed E-state index contributed by atoms with van der Waals surface area (Å²) in [5.74, 6) is 0.163. The highest BCUT2D eigenvalue weighted by molar-refractivity contribution is 5.77. The highest BCUT2D eigenvalue weighted by Crippen LogP contribution is 1.79. The zero-order chi connectivity index (χ0) is 7.28. The van der Waals surface area contributed by atoms with Crippen molar-refractivity contribution in [3.63, 3.8) is 0 Å². The van der Waals surface area contributed by atoms with Crippen molar-refractivity contribution in [2.24, 2.45) is 0 Å². The summed E-state index contributed by atoms with van der Waals surface area (Å²) >= 11 is 0. The highest BCUT2D eigenvalue weighted by Gasteiger charge is 1.89. The molecule has 0 saturated heterocycles. The Balaban J connectivity index is 3.10. The molecule has 0 atom stereocenters. The van der Waals surface area contributed by atoms with E-state index in [0.717, 1.165) is 12.1 Å². The number of carbonyl (C=O) groups excluding carboxylic acids is 1. The second-order valence-corrected chi connectivity index (χ2v) is 2.26. The third-order valence-electron chi connectivity index (χ3n) is 0.801. The first-order chi connectivity index (χ1) is 4.13. The van der Waals surface area contributed by atoms with Crippen molar-refractivity contribution in [3.05, 3.63) is 12.2 Å². The van der Waals surface area contributed by atoms with Crippen molar-refractivity contribution in [2.45, 2.75) is 13.8 Å². The van der Waals surface area contributed by atoms with Crippen LogP contribution in [0.5, 0.6) is 0 Å². The third-order valence-corrected chi connectivity index (χ3v) is 0.801. The molecule has 0 unspecified atom stereocenters. The summed E-state index contributed by atoms with van der Waals surface area (Å²) in [4.78, 5) is 10.3. The van der Waals surface area contributed by atoms with Crippen LogP contribution in [-0.4, -0.2) is 18.9 Å². The second kappa shape index (κ2) is 4.27. The van der Waals surface area contributed by atoms with E-state index in [1.165, 1.54) is 0 Å². The average Bonchev–Trinajstić information content (AvgIpc) is 1.63. The standard InChI is InChI=1S/C7H13NO/c1-6(2)4-8-5-7(3)9/h8H,1,4-5H2,2-3H3. The molecule has 0 saturated carbocycles. The van der Waals surface area contributed by atoms with Gasteiger partial charge in [0.15, 0.2) is 0 Å². The van der Waals surface area contributed by atoms with Gasteiger partial charge in [0.05, 0.1) is 6.54 Å². The SMILES string of the molecule is C=C(C)CNCC(C)=O. The lowest BCUT2D eigenvalue weighted by Gasteiger charge is -1.98. The van der Waals surface area contributed by atoms with Gasteiger partial charge in [0.1, 0.15) is 5.78 Å². The molecule has 0 amide bonds. The van der Waals surface area contributed by atoms with Gasteiger partial charge in [-0.3, -0.25) is 4.79 Å². The summed E-state index contributed by atoms with van der Waals surface area (Å²) in [6.07, 6.45) is 0. The fraction of sp³-hybridized carbons (Fsp3) is 0.571. The van der Waals surface area contributed by atoms with E-state index < -0.39 is 0 Å². The Kier molecular flexibility index (Phi) is 3.97. The minimum absolute atomic E-state index is 0.163. The summed E-state index contributed by atoms with van der Waals surface area (Å²) in [5, 5.41) is 2.94. The Bertz CT molecular complexity index is 104. The molecule has 0 spiro atoms. The number of hydrogen-bond donors (Lipinski definition) is 1. The van der Waals surface area contributed by atoms with Gasteiger partial charge in [-0.25, -0.2) is 0 Å². The van der Waals surface area contributed by atoms with Gasteiger partial charge >= 0.3 is 0 Å². The molecule has 0 aromatic carbocycles. The first-order valence-electron chi connectivity index (χ1n) is 2.97. The summed E-state index contributed by atoms with van der Waals surface area (Å²) in [5.41, 5.74) is 1.05. The van der Waals surface area contributed by atoms with Crippen molar-refractivity contribution in [2.75, 3.05) is 13.1 Å². The van der Waals surface area contributed by atoms with Gasteiger partial charge in [-0.1, -0.05) is 12.2 Å². The van der Waals surface area contributed by atoms with Crippen LogP contribution in [0, 0.1) is 0 Å². The van der Waals surface area contributed by atoms with Crippen molar-refractivity contribution in [3.8, 4) is 0 Å². The molecule has 0 aliphatic carbocycles. The normalized spacial score (nSPS) is 9.11. The van der Waals surface area contributed by atoms with Crippen LogP contribution in [0.25, 0.3) is 0 Å². The van der Waals surface area contributed by atoms with Gasteiger partial charge in [0.25, 0.3) is 0 Å². The molecule has 52 valence electrons. The van der Waals surface area contributed by atoms with Crippen LogP contribution in [0.1, 0.15) is 13.8 Å². The molecule has 2 nitrogen and oxygen atoms in total. The third kappa shape index (κ3) is 7.37. The molecular weight excluding hydrogens is 114 g/mol. The molecule has 9 heavy (non-hydrogen) atoms. The van der Waals surface area contributed by atoms with Crippen molar-refractivity contribution >= 4 is 5.78 Å². The molecular formula is C7H13NO. The minimum Gasteiger partial charge on any atom is -0.306 e. The zero-order valence-corrected chi connectivity index (χ0v) is 6.03. The van der Waals surface area contributed by atoms with E-state index in [-0.39, 0.29) is 5.78 Å². The lowest BCUT2D eigenvalue weighted by atomic mass is 10.3. The lowest BCUT2D eigenvalue weighted by molar-refractivity contribution is -0.116. The molecule has 0 aliphatic rings. The van der Waals surface area contributed by atoms with E-state index in [2.05, 4.69) is 11.9 Å². The van der Waals surface area contributed by atoms with E-state index >= 15 is 0 Å². The van der Waals surface area contributed by atoms with Crippen LogP contribution in [0.2, 0.25) is 0 Å². The topological polar surface area (TPSA) is 29.1 Å². The quantitative estimate of drug-likeness (QED) is 0.564. The van der Waals surface area contributed by atoms with Gasteiger partial charge in [-0.15, -0.1) is 0 Å². The summed E-state index contributed by atoms with van der Waals surface area (Å²) in [6.45, 7) is 8.35. The van der Waals surface area contributed by atoms with Gasteiger partial charge in [0.2, 0.25) is 0 Å². The molecule has 0 fully saturated rings. The molecule has 2 heteroatoms. The smallest absolute Gasteiger partial charge is 0.143 e. The molecule has 0 bridgehead atoms. The number of hydrogen-bond acceptors (Lipinski definition) is 2. The van der Waals surface area contributed by atoms with Crippen LogP contribution in [0.15, 0.2) is 12.2 Å². The summed E-state index contributed by atoms with van der Waals surface area (Å²) in [7, 11) is 0. The molecule has 0 radical (unpaired) electrons. The fourth-order valence-corrected chi connectivity index (χ4v) is 0.452. The van der Waals surface area contributed by atoms with Crippen LogP contribution >= 0.6 is 0 Å². The van der Waals surface area contributed by atoms with E-state index in [0.29, 0.717) is 6.54 Å². The number of ketones is 1. The van der Waals surface area contributed by atoms with Crippen LogP contribution in [0.4, 0.5) is 0 Å². The summed E-state index contributed by atoms with van der Waals surface area (Å²) in [6, 6.07) is 0. The highest BCUT2D eigenvalue weighted by atomic mass is 16.1. The van der Waals surface area contributed by atoms with Crippen LogP contribution in [0.3, 0.4) is 0 Å². The summed E-state index contributed by atoms with van der Waals surface area (Å²) < 4.78 is 0. The number of nitrogens with one attached hydrogen (secondary N) is 1.